The first-order chi connectivity index (χ1) is 7.74. The molecule has 1 fully saturated rings. The number of thiazole rings is 1. The Morgan fingerprint density at radius 2 is 2.18 bits per heavy atom. The number of hydrogen-bond acceptors (Lipinski definition) is 4. The van der Waals surface area contributed by atoms with E-state index in [4.69, 9.17) is 5.73 Å². The van der Waals surface area contributed by atoms with Crippen LogP contribution in [0.5, 0.6) is 5.75 Å². The molecule has 2 aromatic rings. The van der Waals surface area contributed by atoms with Crippen LogP contribution in [0.4, 0.5) is 0 Å². The van der Waals surface area contributed by atoms with Gasteiger partial charge in [0, 0.05) is 28.6 Å². The fraction of sp³-hybridized carbons (Fsp3) is 0.250. The van der Waals surface area contributed by atoms with Crippen LogP contribution in [0, 0.1) is 0 Å². The van der Waals surface area contributed by atoms with E-state index in [0.717, 1.165) is 17.0 Å². The number of nitrogens with two attached hydrogens (primary N) is 1. The fourth-order valence-electron chi connectivity index (χ4n) is 1.77. The Labute approximate surface area is 110 Å². The number of aromatic hydroxyl groups is 1. The predicted octanol–water partition coefficient (Wildman–Crippen LogP) is 2.75. The van der Waals surface area contributed by atoms with E-state index in [9.17, 15) is 5.11 Å². The number of halogens is 1. The molecule has 0 saturated heterocycles. The molecule has 1 aliphatic rings. The van der Waals surface area contributed by atoms with Gasteiger partial charge >= 0.3 is 0 Å². The molecule has 3 rings (SSSR count). The summed E-state index contributed by atoms with van der Waals surface area (Å²) in [4.78, 5) is 5.63. The molecule has 0 radical (unpaired) electrons. The Balaban J connectivity index is 0.00000108. The summed E-state index contributed by atoms with van der Waals surface area (Å²) in [6, 6.07) is 7.49. The second-order valence-corrected chi connectivity index (χ2v) is 5.19. The maximum Gasteiger partial charge on any atom is 0.123 e. The second-order valence-electron chi connectivity index (χ2n) is 4.12. The summed E-state index contributed by atoms with van der Waals surface area (Å²) in [6.45, 7) is 0. The summed E-state index contributed by atoms with van der Waals surface area (Å²) in [5, 5.41) is 10.4. The molecule has 0 aliphatic heterocycles. The minimum Gasteiger partial charge on any atom is -0.508 e. The Hall–Kier alpha value is -1.10. The molecular weight excluding hydrogens is 256 g/mol. The number of benzene rings is 1. The zero-order valence-corrected chi connectivity index (χ0v) is 10.7. The van der Waals surface area contributed by atoms with Gasteiger partial charge in [-0.1, -0.05) is 12.1 Å². The number of aromatic nitrogens is 1. The molecule has 1 aromatic heterocycles. The van der Waals surface area contributed by atoms with E-state index in [1.54, 1.807) is 23.5 Å². The molecule has 0 spiro atoms. The predicted molar refractivity (Wildman–Crippen MR) is 71.8 cm³/mol. The fourth-order valence-corrected chi connectivity index (χ4v) is 2.87. The van der Waals surface area contributed by atoms with Gasteiger partial charge in [0.15, 0.2) is 0 Å². The lowest BCUT2D eigenvalue weighted by Gasteiger charge is -1.96. The lowest BCUT2D eigenvalue weighted by molar-refractivity contribution is 0.475. The van der Waals surface area contributed by atoms with Crippen LogP contribution in [0.2, 0.25) is 0 Å². The van der Waals surface area contributed by atoms with Gasteiger partial charge in [0.1, 0.15) is 10.8 Å². The van der Waals surface area contributed by atoms with E-state index in [1.165, 1.54) is 4.88 Å². The molecule has 17 heavy (non-hydrogen) atoms. The summed E-state index contributed by atoms with van der Waals surface area (Å²) < 4.78 is 0. The molecular formula is C12H13ClN2OS. The normalized spacial score (nSPS) is 21.9. The minimum atomic E-state index is 0. The Morgan fingerprint density at radius 3 is 2.82 bits per heavy atom. The molecule has 3 nitrogen and oxygen atoms in total. The molecule has 0 unspecified atom stereocenters. The monoisotopic (exact) mass is 268 g/mol. The number of phenols is 1. The molecule has 1 heterocycles. The van der Waals surface area contributed by atoms with E-state index in [2.05, 4.69) is 4.98 Å². The third kappa shape index (κ3) is 2.44. The van der Waals surface area contributed by atoms with Crippen molar-refractivity contribution < 1.29 is 5.11 Å². The van der Waals surface area contributed by atoms with Crippen LogP contribution in [0.15, 0.2) is 30.5 Å². The standard InChI is InChI=1S/C12H12N2OS.ClH/c13-10-5-9(10)11-6-14-12(16-11)7-2-1-3-8(15)4-7;/h1-4,6,9-10,15H,5,13H2;1H/t9-,10-;/m1./s1. The van der Waals surface area contributed by atoms with Crippen LogP contribution >= 0.6 is 23.7 Å². The third-order valence-corrected chi connectivity index (χ3v) is 4.00. The summed E-state index contributed by atoms with van der Waals surface area (Å²) in [5.41, 5.74) is 6.77. The van der Waals surface area contributed by atoms with Gasteiger partial charge in [-0.3, -0.25) is 0 Å². The molecule has 1 aliphatic carbocycles. The van der Waals surface area contributed by atoms with Gasteiger partial charge in [0.05, 0.1) is 0 Å². The van der Waals surface area contributed by atoms with Crippen LogP contribution < -0.4 is 5.73 Å². The number of nitrogens with zero attached hydrogens (tertiary/aromatic N) is 1. The summed E-state index contributed by atoms with van der Waals surface area (Å²) in [5.74, 6) is 0.779. The van der Waals surface area contributed by atoms with Crippen LogP contribution in [-0.4, -0.2) is 16.1 Å². The molecule has 1 aromatic carbocycles. The average Bonchev–Trinajstić information content (AvgIpc) is 2.81. The minimum absolute atomic E-state index is 0. The molecule has 0 bridgehead atoms. The van der Waals surface area contributed by atoms with Gasteiger partial charge in [-0.2, -0.15) is 0 Å². The molecule has 90 valence electrons. The van der Waals surface area contributed by atoms with Crippen molar-refractivity contribution in [2.75, 3.05) is 0 Å². The highest BCUT2D eigenvalue weighted by molar-refractivity contribution is 7.15. The van der Waals surface area contributed by atoms with Crippen molar-refractivity contribution in [3.63, 3.8) is 0 Å². The maximum absolute atomic E-state index is 9.40. The topological polar surface area (TPSA) is 59.1 Å². The van der Waals surface area contributed by atoms with Crippen molar-refractivity contribution in [2.24, 2.45) is 5.73 Å². The van der Waals surface area contributed by atoms with Gasteiger partial charge in [-0.05, 0) is 18.6 Å². The summed E-state index contributed by atoms with van der Waals surface area (Å²) in [7, 11) is 0. The van der Waals surface area contributed by atoms with E-state index < -0.39 is 0 Å². The highest BCUT2D eigenvalue weighted by atomic mass is 35.5. The summed E-state index contributed by atoms with van der Waals surface area (Å²) >= 11 is 1.67. The number of hydrogen-bond donors (Lipinski definition) is 2. The van der Waals surface area contributed by atoms with Gasteiger partial charge in [-0.15, -0.1) is 23.7 Å². The second kappa shape index (κ2) is 4.64. The van der Waals surface area contributed by atoms with Crippen LogP contribution in [0.25, 0.3) is 10.6 Å². The summed E-state index contributed by atoms with van der Waals surface area (Å²) in [6.07, 6.45) is 2.98. The smallest absolute Gasteiger partial charge is 0.123 e. The SMILES string of the molecule is Cl.N[C@@H]1C[C@H]1c1cnc(-c2cccc(O)c2)s1. The van der Waals surface area contributed by atoms with Crippen molar-refractivity contribution in [2.45, 2.75) is 18.4 Å². The molecule has 1 saturated carbocycles. The van der Waals surface area contributed by atoms with Crippen LogP contribution in [-0.2, 0) is 0 Å². The largest absolute Gasteiger partial charge is 0.508 e. The van der Waals surface area contributed by atoms with Crippen molar-refractivity contribution in [3.8, 4) is 16.3 Å². The third-order valence-electron chi connectivity index (χ3n) is 2.82. The highest BCUT2D eigenvalue weighted by Crippen LogP contribution is 2.43. The maximum atomic E-state index is 9.40. The van der Waals surface area contributed by atoms with E-state index in [-0.39, 0.29) is 18.2 Å². The van der Waals surface area contributed by atoms with Crippen molar-refractivity contribution in [1.82, 2.24) is 4.98 Å². The first-order valence-corrected chi connectivity index (χ1v) is 6.06. The lowest BCUT2D eigenvalue weighted by atomic mass is 10.2. The van der Waals surface area contributed by atoms with E-state index in [0.29, 0.717) is 12.0 Å². The Kier molecular flexibility index (Phi) is 3.38. The van der Waals surface area contributed by atoms with Crippen LogP contribution in [0.3, 0.4) is 0 Å². The van der Waals surface area contributed by atoms with Gasteiger partial charge in [-0.25, -0.2) is 4.98 Å². The zero-order valence-electron chi connectivity index (χ0n) is 9.04. The lowest BCUT2D eigenvalue weighted by Crippen LogP contribution is -1.99. The number of phenolic OH excluding ortho intramolecular Hbond substituents is 1. The molecule has 0 amide bonds. The van der Waals surface area contributed by atoms with Crippen molar-refractivity contribution in [3.05, 3.63) is 35.3 Å². The Bertz CT molecular complexity index is 529. The first-order valence-electron chi connectivity index (χ1n) is 5.25. The molecule has 5 heteroatoms. The van der Waals surface area contributed by atoms with E-state index >= 15 is 0 Å². The van der Waals surface area contributed by atoms with Crippen molar-refractivity contribution in [1.29, 1.82) is 0 Å². The molecule has 3 N–H and O–H groups in total. The van der Waals surface area contributed by atoms with Gasteiger partial charge in [0.25, 0.3) is 0 Å². The Morgan fingerprint density at radius 1 is 1.41 bits per heavy atom. The van der Waals surface area contributed by atoms with E-state index in [1.807, 2.05) is 18.3 Å². The highest BCUT2D eigenvalue weighted by Gasteiger charge is 2.36. The first kappa shape index (κ1) is 12.4. The number of rotatable bonds is 2. The van der Waals surface area contributed by atoms with Crippen LogP contribution in [0.1, 0.15) is 17.2 Å². The average molecular weight is 269 g/mol. The molecule has 2 atom stereocenters. The quantitative estimate of drug-likeness (QED) is 0.880. The van der Waals surface area contributed by atoms with Crippen molar-refractivity contribution >= 4 is 23.7 Å². The zero-order chi connectivity index (χ0) is 11.1. The van der Waals surface area contributed by atoms with Gasteiger partial charge < -0.3 is 10.8 Å². The van der Waals surface area contributed by atoms with Gasteiger partial charge in [0.2, 0.25) is 0 Å².